The van der Waals surface area contributed by atoms with E-state index in [1.807, 2.05) is 13.8 Å². The van der Waals surface area contributed by atoms with Gasteiger partial charge in [0.1, 0.15) is 5.75 Å². The van der Waals surface area contributed by atoms with Gasteiger partial charge in [0, 0.05) is 13.5 Å². The number of methoxy groups -OCH3 is 1. The second kappa shape index (κ2) is 5.69. The Morgan fingerprint density at radius 1 is 1.21 bits per heavy atom. The van der Waals surface area contributed by atoms with Gasteiger partial charge in [-0.15, -0.1) is 0 Å². The fourth-order valence-corrected chi connectivity index (χ4v) is 1.37. The first-order valence-electron chi connectivity index (χ1n) is 5.80. The molecule has 0 radical (unpaired) electrons. The van der Waals surface area contributed by atoms with Crippen LogP contribution in [-0.2, 0) is 10.9 Å². The summed E-state index contributed by atoms with van der Waals surface area (Å²) in [5.74, 6) is 0.250. The molecule has 0 amide bonds. The van der Waals surface area contributed by atoms with E-state index >= 15 is 0 Å². The Hall–Kier alpha value is -1.43. The average molecular weight is 277 g/mol. The highest BCUT2D eigenvalue weighted by atomic mass is 19.4. The van der Waals surface area contributed by atoms with E-state index in [0.717, 1.165) is 12.1 Å². The summed E-state index contributed by atoms with van der Waals surface area (Å²) in [6.07, 6.45) is -3.80. The smallest absolute Gasteiger partial charge is 0.416 e. The van der Waals surface area contributed by atoms with Crippen LogP contribution >= 0.6 is 0 Å². The molecule has 0 heterocycles. The van der Waals surface area contributed by atoms with Crippen molar-refractivity contribution < 1.29 is 22.6 Å². The molecule has 1 rings (SSSR count). The molecule has 0 fully saturated rings. The zero-order valence-electron chi connectivity index (χ0n) is 11.2. The fraction of sp³-hybridized carbons (Fsp3) is 0.538. The third-order valence-corrected chi connectivity index (χ3v) is 2.85. The maximum Gasteiger partial charge on any atom is 0.416 e. The number of anilines is 1. The first-order valence-corrected chi connectivity index (χ1v) is 5.80. The fourth-order valence-electron chi connectivity index (χ4n) is 1.37. The van der Waals surface area contributed by atoms with Gasteiger partial charge in [-0.1, -0.05) is 0 Å². The first kappa shape index (κ1) is 15.6. The Balaban J connectivity index is 2.66. The number of nitrogens with two attached hydrogens (primary N) is 1. The lowest BCUT2D eigenvalue weighted by Crippen LogP contribution is -2.25. The number of alkyl halides is 3. The van der Waals surface area contributed by atoms with Crippen molar-refractivity contribution in [3.8, 4) is 5.75 Å². The second-order valence-electron chi connectivity index (χ2n) is 4.81. The molecule has 0 bridgehead atoms. The number of hydrogen-bond donors (Lipinski definition) is 1. The highest BCUT2D eigenvalue weighted by molar-refractivity contribution is 5.54. The van der Waals surface area contributed by atoms with Crippen LogP contribution in [0.15, 0.2) is 18.2 Å². The summed E-state index contributed by atoms with van der Waals surface area (Å²) in [6.45, 7) is 4.11. The van der Waals surface area contributed by atoms with Crippen LogP contribution in [0, 0.1) is 0 Å². The van der Waals surface area contributed by atoms with E-state index in [-0.39, 0.29) is 17.0 Å². The minimum atomic E-state index is -4.40. The zero-order valence-corrected chi connectivity index (χ0v) is 11.2. The molecule has 0 aromatic heterocycles. The maximum atomic E-state index is 12.4. The van der Waals surface area contributed by atoms with Crippen molar-refractivity contribution in [2.45, 2.75) is 32.0 Å². The molecule has 0 saturated carbocycles. The number of rotatable bonds is 5. The standard InChI is InChI=1S/C13H18F3NO2/c1-12(2,18-3)6-7-19-11-5-4-9(8-10(11)17)13(14,15)16/h4-5,8H,6-7,17H2,1-3H3. The maximum absolute atomic E-state index is 12.4. The molecule has 0 saturated heterocycles. The minimum Gasteiger partial charge on any atom is -0.491 e. The molecule has 6 heteroatoms. The van der Waals surface area contributed by atoms with Crippen LogP contribution in [0.25, 0.3) is 0 Å². The highest BCUT2D eigenvalue weighted by Crippen LogP contribution is 2.33. The lowest BCUT2D eigenvalue weighted by Gasteiger charge is -2.23. The van der Waals surface area contributed by atoms with E-state index in [0.29, 0.717) is 13.0 Å². The summed E-state index contributed by atoms with van der Waals surface area (Å²) in [7, 11) is 1.59. The number of nitrogen functional groups attached to an aromatic ring is 1. The van der Waals surface area contributed by atoms with E-state index in [1.165, 1.54) is 6.07 Å². The van der Waals surface area contributed by atoms with Crippen LogP contribution < -0.4 is 10.5 Å². The third-order valence-electron chi connectivity index (χ3n) is 2.85. The molecule has 3 nitrogen and oxygen atoms in total. The van der Waals surface area contributed by atoms with E-state index < -0.39 is 11.7 Å². The van der Waals surface area contributed by atoms with E-state index in [4.69, 9.17) is 15.2 Å². The van der Waals surface area contributed by atoms with E-state index in [2.05, 4.69) is 0 Å². The lowest BCUT2D eigenvalue weighted by atomic mass is 10.1. The van der Waals surface area contributed by atoms with E-state index in [1.54, 1.807) is 7.11 Å². The number of hydrogen-bond acceptors (Lipinski definition) is 3. The Morgan fingerprint density at radius 3 is 2.32 bits per heavy atom. The Kier molecular flexibility index (Phi) is 4.68. The van der Waals surface area contributed by atoms with Crippen LogP contribution in [0.5, 0.6) is 5.75 Å². The molecule has 0 spiro atoms. The second-order valence-corrected chi connectivity index (χ2v) is 4.81. The van der Waals surface area contributed by atoms with Crippen molar-refractivity contribution >= 4 is 5.69 Å². The van der Waals surface area contributed by atoms with Crippen molar-refractivity contribution in [3.05, 3.63) is 23.8 Å². The topological polar surface area (TPSA) is 44.5 Å². The van der Waals surface area contributed by atoms with Crippen LogP contribution in [0.3, 0.4) is 0 Å². The molecule has 19 heavy (non-hydrogen) atoms. The molecule has 1 aromatic rings. The SMILES string of the molecule is COC(C)(C)CCOc1ccc(C(F)(F)F)cc1N. The Labute approximate surface area is 110 Å². The number of benzene rings is 1. The molecule has 1 aromatic carbocycles. The van der Waals surface area contributed by atoms with Gasteiger partial charge in [0.2, 0.25) is 0 Å². The van der Waals surface area contributed by atoms with Crippen molar-refractivity contribution in [3.63, 3.8) is 0 Å². The first-order chi connectivity index (χ1) is 8.65. The van der Waals surface area contributed by atoms with Crippen LogP contribution in [-0.4, -0.2) is 19.3 Å². The van der Waals surface area contributed by atoms with Gasteiger partial charge in [0.15, 0.2) is 0 Å². The molecular formula is C13H18F3NO2. The van der Waals surface area contributed by atoms with Gasteiger partial charge in [-0.25, -0.2) is 0 Å². The van der Waals surface area contributed by atoms with Crippen molar-refractivity contribution in [2.24, 2.45) is 0 Å². The lowest BCUT2D eigenvalue weighted by molar-refractivity contribution is -0.137. The van der Waals surface area contributed by atoms with Crippen molar-refractivity contribution in [1.82, 2.24) is 0 Å². The molecule has 2 N–H and O–H groups in total. The molecule has 0 aliphatic heterocycles. The predicted molar refractivity (Wildman–Crippen MR) is 67.1 cm³/mol. The van der Waals surface area contributed by atoms with E-state index in [9.17, 15) is 13.2 Å². The summed E-state index contributed by atoms with van der Waals surface area (Å²) in [5, 5.41) is 0. The summed E-state index contributed by atoms with van der Waals surface area (Å²) in [5.41, 5.74) is 4.39. The molecule has 0 atom stereocenters. The number of ether oxygens (including phenoxy) is 2. The molecule has 108 valence electrons. The van der Waals surface area contributed by atoms with Crippen molar-refractivity contribution in [2.75, 3.05) is 19.5 Å². The Bertz CT molecular complexity index is 430. The number of halogens is 3. The molecule has 0 aliphatic rings. The van der Waals surface area contributed by atoms with Crippen LogP contribution in [0.2, 0.25) is 0 Å². The monoisotopic (exact) mass is 277 g/mol. The quantitative estimate of drug-likeness (QED) is 0.838. The summed E-state index contributed by atoms with van der Waals surface area (Å²) in [6, 6.07) is 3.06. The van der Waals surface area contributed by atoms with Gasteiger partial charge in [0.25, 0.3) is 0 Å². The normalized spacial score (nSPS) is 12.5. The molecule has 0 unspecified atom stereocenters. The van der Waals surface area contributed by atoms with Gasteiger partial charge >= 0.3 is 6.18 Å². The Morgan fingerprint density at radius 2 is 1.84 bits per heavy atom. The largest absolute Gasteiger partial charge is 0.491 e. The summed E-state index contributed by atoms with van der Waals surface area (Å²) < 4.78 is 47.9. The van der Waals surface area contributed by atoms with Gasteiger partial charge in [-0.2, -0.15) is 13.2 Å². The summed E-state index contributed by atoms with van der Waals surface area (Å²) >= 11 is 0. The van der Waals surface area contributed by atoms with Gasteiger partial charge in [0.05, 0.1) is 23.5 Å². The predicted octanol–water partition coefficient (Wildman–Crippen LogP) is 3.48. The van der Waals surface area contributed by atoms with Gasteiger partial charge in [-0.05, 0) is 32.0 Å². The zero-order chi connectivity index (χ0) is 14.7. The molecule has 0 aliphatic carbocycles. The summed E-state index contributed by atoms with van der Waals surface area (Å²) in [4.78, 5) is 0. The molecular weight excluding hydrogens is 259 g/mol. The minimum absolute atomic E-state index is 0.0231. The van der Waals surface area contributed by atoms with Crippen molar-refractivity contribution in [1.29, 1.82) is 0 Å². The third kappa shape index (κ3) is 4.63. The average Bonchev–Trinajstić information content (AvgIpc) is 2.30. The van der Waals surface area contributed by atoms with Gasteiger partial charge in [-0.3, -0.25) is 0 Å². The highest BCUT2D eigenvalue weighted by Gasteiger charge is 2.31. The van der Waals surface area contributed by atoms with Crippen LogP contribution in [0.4, 0.5) is 18.9 Å². The van der Waals surface area contributed by atoms with Gasteiger partial charge < -0.3 is 15.2 Å². The van der Waals surface area contributed by atoms with Crippen LogP contribution in [0.1, 0.15) is 25.8 Å².